The van der Waals surface area contributed by atoms with Crippen molar-refractivity contribution in [2.24, 2.45) is 11.1 Å². The Morgan fingerprint density at radius 2 is 2.00 bits per heavy atom. The minimum absolute atomic E-state index is 0.448. The zero-order valence-corrected chi connectivity index (χ0v) is 9.63. The zero-order chi connectivity index (χ0) is 10.2. The summed E-state index contributed by atoms with van der Waals surface area (Å²) in [6, 6.07) is 1.14. The molecule has 2 N–H and O–H groups in total. The van der Waals surface area contributed by atoms with Crippen LogP contribution in [0.3, 0.4) is 0 Å². The Kier molecular flexibility index (Phi) is 2.85. The molecule has 1 saturated heterocycles. The molecule has 2 unspecified atom stereocenters. The van der Waals surface area contributed by atoms with Gasteiger partial charge >= 0.3 is 0 Å². The van der Waals surface area contributed by atoms with Gasteiger partial charge in [-0.2, -0.15) is 0 Å². The predicted octanol–water partition coefficient (Wildman–Crippen LogP) is 1.99. The minimum Gasteiger partial charge on any atom is -0.326 e. The first kappa shape index (κ1) is 10.4. The van der Waals surface area contributed by atoms with Crippen LogP contribution in [0.1, 0.15) is 46.0 Å². The van der Waals surface area contributed by atoms with E-state index in [1.807, 2.05) is 0 Å². The van der Waals surface area contributed by atoms with Gasteiger partial charge in [0.25, 0.3) is 0 Å². The van der Waals surface area contributed by atoms with E-state index in [9.17, 15) is 0 Å². The van der Waals surface area contributed by atoms with Gasteiger partial charge in [0.2, 0.25) is 0 Å². The summed E-state index contributed by atoms with van der Waals surface area (Å²) >= 11 is 0. The van der Waals surface area contributed by atoms with Crippen LogP contribution in [0.4, 0.5) is 0 Å². The maximum atomic E-state index is 6.16. The highest BCUT2D eigenvalue weighted by molar-refractivity contribution is 4.92. The molecule has 2 rings (SSSR count). The van der Waals surface area contributed by atoms with Crippen molar-refractivity contribution in [1.82, 2.24) is 4.90 Å². The van der Waals surface area contributed by atoms with Gasteiger partial charge in [-0.15, -0.1) is 0 Å². The van der Waals surface area contributed by atoms with Crippen LogP contribution >= 0.6 is 0 Å². The van der Waals surface area contributed by atoms with Gasteiger partial charge in [0, 0.05) is 18.6 Å². The van der Waals surface area contributed by atoms with Gasteiger partial charge in [-0.1, -0.05) is 20.3 Å². The largest absolute Gasteiger partial charge is 0.326 e. The molecule has 0 bridgehead atoms. The zero-order valence-electron chi connectivity index (χ0n) is 9.63. The van der Waals surface area contributed by atoms with Crippen molar-refractivity contribution >= 4 is 0 Å². The summed E-state index contributed by atoms with van der Waals surface area (Å²) in [7, 11) is 0. The maximum absolute atomic E-state index is 6.16. The van der Waals surface area contributed by atoms with Gasteiger partial charge in [-0.3, -0.25) is 4.90 Å². The molecule has 2 heteroatoms. The summed E-state index contributed by atoms with van der Waals surface area (Å²) in [4.78, 5) is 2.65. The number of rotatable bonds is 1. The van der Waals surface area contributed by atoms with Crippen molar-refractivity contribution in [2.75, 3.05) is 13.1 Å². The second-order valence-corrected chi connectivity index (χ2v) is 5.90. The normalized spacial score (nSPS) is 38.8. The van der Waals surface area contributed by atoms with E-state index < -0.39 is 0 Å². The number of piperidine rings is 1. The standard InChI is InChI=1S/C12H24N2/c1-12(2)7-4-8-14(9-12)11-6-3-5-10(11)13/h10-11H,3-9,13H2,1-2H3. The van der Waals surface area contributed by atoms with Crippen LogP contribution in [-0.4, -0.2) is 30.1 Å². The van der Waals surface area contributed by atoms with Gasteiger partial charge in [-0.05, 0) is 37.6 Å². The average Bonchev–Trinajstić information content (AvgIpc) is 2.49. The van der Waals surface area contributed by atoms with E-state index in [4.69, 9.17) is 5.73 Å². The van der Waals surface area contributed by atoms with Gasteiger partial charge in [0.05, 0.1) is 0 Å². The average molecular weight is 196 g/mol. The SMILES string of the molecule is CC1(C)CCCN(C2CCCC2N)C1. The van der Waals surface area contributed by atoms with Gasteiger partial charge < -0.3 is 5.73 Å². The molecule has 0 amide bonds. The molecular weight excluding hydrogens is 172 g/mol. The Morgan fingerprint density at radius 3 is 2.57 bits per heavy atom. The molecule has 82 valence electrons. The summed E-state index contributed by atoms with van der Waals surface area (Å²) in [5, 5.41) is 0. The third-order valence-electron chi connectivity index (χ3n) is 3.93. The molecule has 2 aliphatic rings. The smallest absolute Gasteiger partial charge is 0.0247 e. The lowest BCUT2D eigenvalue weighted by Crippen LogP contribution is -2.50. The fraction of sp³-hybridized carbons (Fsp3) is 1.00. The third-order valence-corrected chi connectivity index (χ3v) is 3.93. The molecule has 1 heterocycles. The van der Waals surface area contributed by atoms with Crippen LogP contribution < -0.4 is 5.73 Å². The van der Waals surface area contributed by atoms with E-state index in [0.717, 1.165) is 0 Å². The Bertz CT molecular complexity index is 200. The second kappa shape index (κ2) is 3.82. The number of nitrogens with zero attached hydrogens (tertiary/aromatic N) is 1. The molecular formula is C12H24N2. The monoisotopic (exact) mass is 196 g/mol. The van der Waals surface area contributed by atoms with E-state index in [2.05, 4.69) is 18.7 Å². The lowest BCUT2D eigenvalue weighted by atomic mass is 9.83. The maximum Gasteiger partial charge on any atom is 0.0247 e. The lowest BCUT2D eigenvalue weighted by molar-refractivity contribution is 0.0743. The summed E-state index contributed by atoms with van der Waals surface area (Å²) in [6.07, 6.45) is 6.64. The number of hydrogen-bond acceptors (Lipinski definition) is 2. The molecule has 0 spiro atoms. The molecule has 2 nitrogen and oxygen atoms in total. The summed E-state index contributed by atoms with van der Waals surface area (Å²) in [5.74, 6) is 0. The predicted molar refractivity (Wildman–Crippen MR) is 60.2 cm³/mol. The lowest BCUT2D eigenvalue weighted by Gasteiger charge is -2.42. The molecule has 0 aromatic carbocycles. The Morgan fingerprint density at radius 1 is 1.21 bits per heavy atom. The van der Waals surface area contributed by atoms with Crippen LogP contribution in [0.25, 0.3) is 0 Å². The molecule has 0 aromatic heterocycles. The topological polar surface area (TPSA) is 29.3 Å². The Labute approximate surface area is 87.8 Å². The Balaban J connectivity index is 1.97. The minimum atomic E-state index is 0.448. The van der Waals surface area contributed by atoms with Gasteiger partial charge in [0.15, 0.2) is 0 Å². The fourth-order valence-corrected chi connectivity index (χ4v) is 3.17. The van der Waals surface area contributed by atoms with Crippen molar-refractivity contribution in [1.29, 1.82) is 0 Å². The van der Waals surface area contributed by atoms with E-state index in [0.29, 0.717) is 17.5 Å². The van der Waals surface area contributed by atoms with E-state index in [1.165, 1.54) is 45.2 Å². The van der Waals surface area contributed by atoms with Crippen molar-refractivity contribution in [3.8, 4) is 0 Å². The third kappa shape index (κ3) is 2.12. The molecule has 0 aromatic rings. The number of likely N-dealkylation sites (tertiary alicyclic amines) is 1. The molecule has 0 radical (unpaired) electrons. The van der Waals surface area contributed by atoms with Gasteiger partial charge in [-0.25, -0.2) is 0 Å². The molecule has 2 fully saturated rings. The van der Waals surface area contributed by atoms with E-state index in [-0.39, 0.29) is 0 Å². The first-order chi connectivity index (χ1) is 6.58. The number of nitrogens with two attached hydrogens (primary N) is 1. The van der Waals surface area contributed by atoms with Crippen molar-refractivity contribution < 1.29 is 0 Å². The highest BCUT2D eigenvalue weighted by Crippen LogP contribution is 2.33. The molecule has 1 aliphatic carbocycles. The van der Waals surface area contributed by atoms with Crippen LogP contribution in [0.15, 0.2) is 0 Å². The van der Waals surface area contributed by atoms with Crippen LogP contribution in [0.2, 0.25) is 0 Å². The first-order valence-corrected chi connectivity index (χ1v) is 6.08. The summed E-state index contributed by atoms with van der Waals surface area (Å²) in [5.41, 5.74) is 6.67. The van der Waals surface area contributed by atoms with Crippen molar-refractivity contribution in [3.63, 3.8) is 0 Å². The quantitative estimate of drug-likeness (QED) is 0.695. The van der Waals surface area contributed by atoms with Crippen LogP contribution in [0, 0.1) is 5.41 Å². The second-order valence-electron chi connectivity index (χ2n) is 5.90. The van der Waals surface area contributed by atoms with Crippen LogP contribution in [0.5, 0.6) is 0 Å². The van der Waals surface area contributed by atoms with E-state index >= 15 is 0 Å². The highest BCUT2D eigenvalue weighted by Gasteiger charge is 2.35. The number of hydrogen-bond donors (Lipinski definition) is 1. The molecule has 14 heavy (non-hydrogen) atoms. The van der Waals surface area contributed by atoms with Crippen molar-refractivity contribution in [3.05, 3.63) is 0 Å². The summed E-state index contributed by atoms with van der Waals surface area (Å²) < 4.78 is 0. The highest BCUT2D eigenvalue weighted by atomic mass is 15.2. The fourth-order valence-electron chi connectivity index (χ4n) is 3.17. The van der Waals surface area contributed by atoms with Gasteiger partial charge in [0.1, 0.15) is 0 Å². The first-order valence-electron chi connectivity index (χ1n) is 6.08. The van der Waals surface area contributed by atoms with E-state index in [1.54, 1.807) is 0 Å². The van der Waals surface area contributed by atoms with Crippen LogP contribution in [-0.2, 0) is 0 Å². The Hall–Kier alpha value is -0.0800. The molecule has 1 aliphatic heterocycles. The molecule has 2 atom stereocenters. The van der Waals surface area contributed by atoms with Crippen molar-refractivity contribution in [2.45, 2.75) is 58.0 Å². The summed E-state index contributed by atoms with van der Waals surface area (Å²) in [6.45, 7) is 7.31. The molecule has 1 saturated carbocycles.